The molecule has 0 saturated carbocycles. The second-order valence-corrected chi connectivity index (χ2v) is 8.16. The summed E-state index contributed by atoms with van der Waals surface area (Å²) >= 11 is 0. The number of carbonyl (C=O) groups excluding carboxylic acids is 2. The lowest BCUT2D eigenvalue weighted by atomic mass is 10.1. The second-order valence-electron chi connectivity index (χ2n) is 8.16. The third-order valence-corrected chi connectivity index (χ3v) is 5.15. The van der Waals surface area contributed by atoms with Crippen LogP contribution in [0.1, 0.15) is 42.8 Å². The predicted octanol–water partition coefficient (Wildman–Crippen LogP) is 4.56. The molecule has 1 amide bonds. The Morgan fingerprint density at radius 3 is 2.56 bits per heavy atom. The Kier molecular flexibility index (Phi) is 8.65. The minimum Gasteiger partial charge on any atom is -0.495 e. The Balaban J connectivity index is 2.07. The number of anilines is 1. The van der Waals surface area contributed by atoms with E-state index in [0.29, 0.717) is 17.4 Å². The van der Waals surface area contributed by atoms with Gasteiger partial charge in [0.1, 0.15) is 17.4 Å². The molecule has 7 nitrogen and oxygen atoms in total. The van der Waals surface area contributed by atoms with Gasteiger partial charge in [-0.25, -0.2) is 4.79 Å². The summed E-state index contributed by atoms with van der Waals surface area (Å²) in [6.45, 7) is 10.6. The van der Waals surface area contributed by atoms with E-state index in [0.717, 1.165) is 35.5 Å². The predicted molar refractivity (Wildman–Crippen MR) is 124 cm³/mol. The van der Waals surface area contributed by atoms with E-state index in [1.807, 2.05) is 39.0 Å². The summed E-state index contributed by atoms with van der Waals surface area (Å²) in [6, 6.07) is 9.18. The van der Waals surface area contributed by atoms with Crippen LogP contribution in [-0.2, 0) is 20.9 Å². The minimum absolute atomic E-state index is 0.157. The Morgan fingerprint density at radius 2 is 1.94 bits per heavy atom. The maximum Gasteiger partial charge on any atom is 0.349 e. The van der Waals surface area contributed by atoms with E-state index in [2.05, 4.69) is 23.7 Å². The highest BCUT2D eigenvalue weighted by molar-refractivity contribution is 6.00. The average Bonchev–Trinajstić information content (AvgIpc) is 3.01. The van der Waals surface area contributed by atoms with E-state index in [-0.39, 0.29) is 5.57 Å². The lowest BCUT2D eigenvalue weighted by molar-refractivity contribution is -0.142. The van der Waals surface area contributed by atoms with Crippen molar-refractivity contribution in [2.24, 2.45) is 5.92 Å². The Bertz CT molecular complexity index is 1060. The first-order chi connectivity index (χ1) is 15.2. The van der Waals surface area contributed by atoms with Crippen molar-refractivity contribution in [3.8, 4) is 11.8 Å². The molecule has 0 aliphatic carbocycles. The highest BCUT2D eigenvalue weighted by atomic mass is 16.5. The number of nitriles is 1. The van der Waals surface area contributed by atoms with Crippen LogP contribution in [0.3, 0.4) is 0 Å². The molecular formula is C25H31N3O4. The molecule has 0 aliphatic rings. The first kappa shape index (κ1) is 24.7. The minimum atomic E-state index is -0.842. The van der Waals surface area contributed by atoms with Gasteiger partial charge in [0.2, 0.25) is 0 Å². The van der Waals surface area contributed by atoms with E-state index in [1.54, 1.807) is 12.1 Å². The van der Waals surface area contributed by atoms with Crippen molar-refractivity contribution < 1.29 is 19.1 Å². The van der Waals surface area contributed by atoms with Gasteiger partial charge in [-0.05, 0) is 68.5 Å². The number of ether oxygens (including phenoxy) is 2. The quantitative estimate of drug-likeness (QED) is 0.353. The highest BCUT2D eigenvalue weighted by Crippen LogP contribution is 2.25. The molecule has 0 fully saturated rings. The molecule has 2 rings (SSSR count). The second kappa shape index (κ2) is 11.2. The number of aromatic nitrogens is 1. The molecule has 1 aromatic heterocycles. The van der Waals surface area contributed by atoms with Crippen molar-refractivity contribution in [3.05, 3.63) is 52.4 Å². The lowest BCUT2D eigenvalue weighted by Gasteiger charge is -2.11. The Hall–Kier alpha value is -3.53. The fourth-order valence-electron chi connectivity index (χ4n) is 3.31. The molecule has 0 aliphatic heterocycles. The molecule has 0 radical (unpaired) electrons. The molecule has 0 unspecified atom stereocenters. The fraction of sp³-hybridized carbons (Fsp3) is 0.400. The van der Waals surface area contributed by atoms with Gasteiger partial charge < -0.3 is 19.4 Å². The van der Waals surface area contributed by atoms with Crippen molar-refractivity contribution in [3.63, 3.8) is 0 Å². The van der Waals surface area contributed by atoms with Gasteiger partial charge in [0.15, 0.2) is 6.61 Å². The zero-order chi connectivity index (χ0) is 23.8. The molecule has 0 saturated heterocycles. The average molecular weight is 438 g/mol. The van der Waals surface area contributed by atoms with Gasteiger partial charge in [0.05, 0.1) is 12.8 Å². The highest BCUT2D eigenvalue weighted by Gasteiger charge is 2.16. The zero-order valence-corrected chi connectivity index (χ0v) is 19.6. The van der Waals surface area contributed by atoms with Gasteiger partial charge in [0.25, 0.3) is 5.91 Å². The summed E-state index contributed by atoms with van der Waals surface area (Å²) < 4.78 is 12.5. The van der Waals surface area contributed by atoms with E-state index in [9.17, 15) is 14.9 Å². The molecule has 1 heterocycles. The summed E-state index contributed by atoms with van der Waals surface area (Å²) in [5.41, 5.74) is 4.10. The number of nitrogens with one attached hydrogen (secondary N) is 1. The van der Waals surface area contributed by atoms with E-state index in [1.165, 1.54) is 13.2 Å². The van der Waals surface area contributed by atoms with Gasteiger partial charge in [-0.15, -0.1) is 0 Å². The Morgan fingerprint density at radius 1 is 1.22 bits per heavy atom. The molecule has 32 heavy (non-hydrogen) atoms. The zero-order valence-electron chi connectivity index (χ0n) is 19.6. The topological polar surface area (TPSA) is 93.3 Å². The van der Waals surface area contributed by atoms with Crippen LogP contribution >= 0.6 is 0 Å². The smallest absolute Gasteiger partial charge is 0.349 e. The van der Waals surface area contributed by atoms with Crippen LogP contribution in [0, 0.1) is 38.0 Å². The third-order valence-electron chi connectivity index (χ3n) is 5.15. The standard InChI is InChI=1S/C25H31N3O4/c1-16(2)9-10-28-18(4)12-20(19(28)5)13-21(14-26)25(30)32-15-24(29)27-22-11-17(3)7-8-23(22)31-6/h7-8,11-13,16H,9-10,15H2,1-6H3,(H,27,29)/b21-13+. The fourth-order valence-corrected chi connectivity index (χ4v) is 3.31. The third kappa shape index (κ3) is 6.48. The number of hydrogen-bond acceptors (Lipinski definition) is 5. The van der Waals surface area contributed by atoms with Crippen LogP contribution in [0.15, 0.2) is 29.8 Å². The molecule has 7 heteroatoms. The number of methoxy groups -OCH3 is 1. The number of aryl methyl sites for hydroxylation is 2. The van der Waals surface area contributed by atoms with Crippen molar-refractivity contribution in [2.75, 3.05) is 19.0 Å². The number of carbonyl (C=O) groups is 2. The number of amides is 1. The number of nitrogens with zero attached hydrogens (tertiary/aromatic N) is 2. The van der Waals surface area contributed by atoms with Gasteiger partial charge in [-0.2, -0.15) is 5.26 Å². The molecule has 0 spiro atoms. The molecule has 170 valence electrons. The lowest BCUT2D eigenvalue weighted by Crippen LogP contribution is -2.21. The SMILES string of the molecule is COc1ccc(C)cc1NC(=O)COC(=O)/C(C#N)=C/c1cc(C)n(CCC(C)C)c1C. The van der Waals surface area contributed by atoms with E-state index >= 15 is 0 Å². The Labute approximate surface area is 189 Å². The van der Waals surface area contributed by atoms with Crippen LogP contribution in [0.5, 0.6) is 5.75 Å². The van der Waals surface area contributed by atoms with Gasteiger partial charge in [0, 0.05) is 17.9 Å². The maximum atomic E-state index is 12.4. The number of esters is 1. The van der Waals surface area contributed by atoms with Crippen molar-refractivity contribution in [2.45, 2.75) is 47.6 Å². The molecule has 1 aromatic carbocycles. The maximum absolute atomic E-state index is 12.4. The summed E-state index contributed by atoms with van der Waals surface area (Å²) in [7, 11) is 1.50. The summed E-state index contributed by atoms with van der Waals surface area (Å²) in [5.74, 6) is -0.288. The largest absolute Gasteiger partial charge is 0.495 e. The van der Waals surface area contributed by atoms with E-state index < -0.39 is 18.5 Å². The van der Waals surface area contributed by atoms with Crippen molar-refractivity contribution in [1.29, 1.82) is 5.26 Å². The first-order valence-electron chi connectivity index (χ1n) is 10.6. The molecular weight excluding hydrogens is 406 g/mol. The van der Waals surface area contributed by atoms with Crippen LogP contribution in [-0.4, -0.2) is 30.2 Å². The van der Waals surface area contributed by atoms with Crippen molar-refractivity contribution >= 4 is 23.6 Å². The number of benzene rings is 1. The molecule has 0 bridgehead atoms. The van der Waals surface area contributed by atoms with Crippen molar-refractivity contribution in [1.82, 2.24) is 4.57 Å². The van der Waals surface area contributed by atoms with Gasteiger partial charge in [-0.3, -0.25) is 4.79 Å². The van der Waals surface area contributed by atoms with Crippen LogP contribution in [0.4, 0.5) is 5.69 Å². The number of rotatable bonds is 9. The number of hydrogen-bond donors (Lipinski definition) is 1. The monoisotopic (exact) mass is 437 g/mol. The van der Waals surface area contributed by atoms with Crippen LogP contribution in [0.25, 0.3) is 6.08 Å². The summed E-state index contributed by atoms with van der Waals surface area (Å²) in [5, 5.41) is 12.1. The molecule has 0 atom stereocenters. The normalized spacial score (nSPS) is 11.2. The van der Waals surface area contributed by atoms with Crippen LogP contribution in [0.2, 0.25) is 0 Å². The van der Waals surface area contributed by atoms with Gasteiger partial charge in [-0.1, -0.05) is 19.9 Å². The summed E-state index contributed by atoms with van der Waals surface area (Å²) in [6.07, 6.45) is 2.55. The van der Waals surface area contributed by atoms with Gasteiger partial charge >= 0.3 is 5.97 Å². The molecule has 1 N–H and O–H groups in total. The molecule has 2 aromatic rings. The first-order valence-corrected chi connectivity index (χ1v) is 10.6. The summed E-state index contributed by atoms with van der Waals surface area (Å²) in [4.78, 5) is 24.7. The van der Waals surface area contributed by atoms with E-state index in [4.69, 9.17) is 9.47 Å². The van der Waals surface area contributed by atoms with Crippen LogP contribution < -0.4 is 10.1 Å².